The molecule has 11 heteroatoms. The first-order chi connectivity index (χ1) is 15.9. The highest BCUT2D eigenvalue weighted by molar-refractivity contribution is 6.08. The van der Waals surface area contributed by atoms with Crippen molar-refractivity contribution in [3.63, 3.8) is 0 Å². The van der Waals surface area contributed by atoms with Gasteiger partial charge in [-0.05, 0) is 45.1 Å². The predicted molar refractivity (Wildman–Crippen MR) is 113 cm³/mol. The highest BCUT2D eigenvalue weighted by atomic mass is 19.4. The van der Waals surface area contributed by atoms with Crippen molar-refractivity contribution in [2.45, 2.75) is 38.0 Å². The zero-order chi connectivity index (χ0) is 24.8. The number of furan rings is 1. The molecule has 1 aromatic carbocycles. The minimum atomic E-state index is -4.71. The molecule has 0 aliphatic carbocycles. The van der Waals surface area contributed by atoms with Gasteiger partial charge in [-0.15, -0.1) is 0 Å². The molecule has 1 amide bonds. The van der Waals surface area contributed by atoms with Crippen molar-refractivity contribution in [2.24, 2.45) is 5.73 Å². The summed E-state index contributed by atoms with van der Waals surface area (Å²) in [5, 5.41) is 0.0963. The number of fused-ring (bicyclic) bond motifs is 1. The van der Waals surface area contributed by atoms with Crippen LogP contribution in [0.1, 0.15) is 45.3 Å². The van der Waals surface area contributed by atoms with Crippen molar-refractivity contribution in [3.8, 4) is 5.75 Å². The average molecular weight is 483 g/mol. The van der Waals surface area contributed by atoms with Crippen LogP contribution in [0.5, 0.6) is 5.75 Å². The van der Waals surface area contributed by atoms with E-state index in [4.69, 9.17) is 14.9 Å². The third-order valence-corrected chi connectivity index (χ3v) is 5.96. The van der Waals surface area contributed by atoms with Gasteiger partial charge in [0.2, 0.25) is 0 Å². The Morgan fingerprint density at radius 2 is 2.06 bits per heavy atom. The standard InChI is InChI=1S/C23H22F5N3O3/c1-12-17(21(29)32)19-16(34-12)6-5-15(18(19)14-7-9-31(2)11-22(14,24)25)33-10-13-4-3-8-30-20(13)23(26,27)28/h3-6,8,14H,7,9-11H2,1-2H3,(H2,29,32). The SMILES string of the molecule is Cc1oc2ccc(OCc3cccnc3C(F)(F)F)c(C3CCN(C)CC3(F)F)c2c1C(N)=O. The molecule has 3 heterocycles. The van der Waals surface area contributed by atoms with Crippen molar-refractivity contribution >= 4 is 16.9 Å². The van der Waals surface area contributed by atoms with Crippen LogP contribution in [-0.2, 0) is 12.8 Å². The summed E-state index contributed by atoms with van der Waals surface area (Å²) in [5.74, 6) is -5.35. The summed E-state index contributed by atoms with van der Waals surface area (Å²) < 4.78 is 81.8. The molecule has 1 atom stereocenters. The van der Waals surface area contributed by atoms with Crippen molar-refractivity contribution in [3.05, 3.63) is 58.6 Å². The van der Waals surface area contributed by atoms with Gasteiger partial charge in [-0.1, -0.05) is 6.07 Å². The van der Waals surface area contributed by atoms with E-state index in [9.17, 15) is 18.0 Å². The first-order valence-electron chi connectivity index (χ1n) is 10.5. The number of nitrogens with zero attached hydrogens (tertiary/aromatic N) is 2. The number of hydrogen-bond donors (Lipinski definition) is 1. The molecule has 1 aliphatic heterocycles. The molecule has 0 spiro atoms. The second-order valence-corrected chi connectivity index (χ2v) is 8.39. The largest absolute Gasteiger partial charge is 0.489 e. The van der Waals surface area contributed by atoms with Crippen LogP contribution in [0.4, 0.5) is 22.0 Å². The Labute approximate surface area is 191 Å². The van der Waals surface area contributed by atoms with Gasteiger partial charge in [0, 0.05) is 22.7 Å². The number of carbonyl (C=O) groups is 1. The number of aromatic nitrogens is 1. The van der Waals surface area contributed by atoms with Gasteiger partial charge < -0.3 is 19.8 Å². The van der Waals surface area contributed by atoms with Crippen LogP contribution in [0, 0.1) is 6.92 Å². The van der Waals surface area contributed by atoms with Crippen molar-refractivity contribution < 1.29 is 35.9 Å². The minimum absolute atomic E-state index is 0.00120. The third-order valence-electron chi connectivity index (χ3n) is 5.96. The summed E-state index contributed by atoms with van der Waals surface area (Å²) >= 11 is 0. The van der Waals surface area contributed by atoms with E-state index in [-0.39, 0.29) is 45.6 Å². The van der Waals surface area contributed by atoms with Gasteiger partial charge in [0.15, 0.2) is 5.69 Å². The number of hydrogen-bond acceptors (Lipinski definition) is 5. The fourth-order valence-corrected chi connectivity index (χ4v) is 4.51. The smallest absolute Gasteiger partial charge is 0.433 e. The number of alkyl halides is 5. The van der Waals surface area contributed by atoms with Crippen molar-refractivity contribution in [2.75, 3.05) is 20.1 Å². The maximum atomic E-state index is 15.2. The maximum Gasteiger partial charge on any atom is 0.433 e. The Balaban J connectivity index is 1.86. The van der Waals surface area contributed by atoms with E-state index >= 15 is 8.78 Å². The summed E-state index contributed by atoms with van der Waals surface area (Å²) in [4.78, 5) is 17.1. The minimum Gasteiger partial charge on any atom is -0.489 e. The lowest BCUT2D eigenvalue weighted by Gasteiger charge is -2.37. The Hall–Kier alpha value is -3.21. The van der Waals surface area contributed by atoms with Crippen LogP contribution in [-0.4, -0.2) is 41.9 Å². The Morgan fingerprint density at radius 1 is 1.32 bits per heavy atom. The zero-order valence-corrected chi connectivity index (χ0v) is 18.4. The summed E-state index contributed by atoms with van der Waals surface area (Å²) in [6.45, 7) is 0.737. The zero-order valence-electron chi connectivity index (χ0n) is 18.4. The summed E-state index contributed by atoms with van der Waals surface area (Å²) in [7, 11) is 1.57. The van der Waals surface area contributed by atoms with Gasteiger partial charge in [0.25, 0.3) is 11.8 Å². The number of primary amides is 1. The Bertz CT molecular complexity index is 1240. The quantitative estimate of drug-likeness (QED) is 0.523. The van der Waals surface area contributed by atoms with E-state index in [1.165, 1.54) is 36.1 Å². The van der Waals surface area contributed by atoms with E-state index in [1.54, 1.807) is 7.05 Å². The molecule has 0 radical (unpaired) electrons. The number of amides is 1. The Morgan fingerprint density at radius 3 is 2.71 bits per heavy atom. The molecule has 1 unspecified atom stereocenters. The molecule has 1 saturated heterocycles. The Kier molecular flexibility index (Phi) is 6.01. The molecule has 2 aromatic heterocycles. The second kappa shape index (κ2) is 8.53. The second-order valence-electron chi connectivity index (χ2n) is 8.39. The number of carbonyl (C=O) groups excluding carboxylic acids is 1. The maximum absolute atomic E-state index is 15.2. The molecule has 6 nitrogen and oxygen atoms in total. The van der Waals surface area contributed by atoms with E-state index in [2.05, 4.69) is 4.98 Å². The van der Waals surface area contributed by atoms with Crippen LogP contribution in [0.25, 0.3) is 11.0 Å². The van der Waals surface area contributed by atoms with Crippen molar-refractivity contribution in [1.82, 2.24) is 9.88 Å². The number of rotatable bonds is 5. The number of ether oxygens (including phenoxy) is 1. The number of pyridine rings is 1. The lowest BCUT2D eigenvalue weighted by Crippen LogP contribution is -2.45. The molecule has 1 aliphatic rings. The highest BCUT2D eigenvalue weighted by Gasteiger charge is 2.47. The molecule has 0 bridgehead atoms. The molecular weight excluding hydrogens is 461 g/mol. The first-order valence-corrected chi connectivity index (χ1v) is 10.5. The average Bonchev–Trinajstić information content (AvgIpc) is 3.07. The van der Waals surface area contributed by atoms with E-state index in [1.807, 2.05) is 0 Å². The fraction of sp³-hybridized carbons (Fsp3) is 0.391. The van der Waals surface area contributed by atoms with Gasteiger partial charge in [-0.3, -0.25) is 9.78 Å². The predicted octanol–water partition coefficient (Wildman–Crippen LogP) is 4.89. The van der Waals surface area contributed by atoms with Gasteiger partial charge in [-0.25, -0.2) is 8.78 Å². The number of aryl methyl sites for hydroxylation is 1. The van der Waals surface area contributed by atoms with Crippen LogP contribution in [0.2, 0.25) is 0 Å². The van der Waals surface area contributed by atoms with Crippen molar-refractivity contribution in [1.29, 1.82) is 0 Å². The first kappa shape index (κ1) is 23.9. The molecule has 3 aromatic rings. The van der Waals surface area contributed by atoms with Gasteiger partial charge >= 0.3 is 6.18 Å². The van der Waals surface area contributed by atoms with Crippen LogP contribution in [0.3, 0.4) is 0 Å². The van der Waals surface area contributed by atoms with E-state index < -0.39 is 42.8 Å². The van der Waals surface area contributed by atoms with Gasteiger partial charge in [0.1, 0.15) is 23.7 Å². The number of piperidine rings is 1. The number of nitrogens with two attached hydrogens (primary N) is 1. The lowest BCUT2D eigenvalue weighted by atomic mass is 9.83. The lowest BCUT2D eigenvalue weighted by molar-refractivity contribution is -0.142. The summed E-state index contributed by atoms with van der Waals surface area (Å²) in [6.07, 6.45) is -3.67. The van der Waals surface area contributed by atoms with E-state index in [0.717, 1.165) is 6.20 Å². The normalized spacial score (nSPS) is 18.9. The number of halogens is 5. The summed E-state index contributed by atoms with van der Waals surface area (Å²) in [5.41, 5.74) is 4.26. The van der Waals surface area contributed by atoms with Crippen LogP contribution >= 0.6 is 0 Å². The van der Waals surface area contributed by atoms with Gasteiger partial charge in [0.05, 0.1) is 18.0 Å². The third kappa shape index (κ3) is 4.31. The van der Waals surface area contributed by atoms with Crippen LogP contribution in [0.15, 0.2) is 34.9 Å². The molecule has 182 valence electrons. The van der Waals surface area contributed by atoms with Gasteiger partial charge in [-0.2, -0.15) is 13.2 Å². The monoisotopic (exact) mass is 483 g/mol. The van der Waals surface area contributed by atoms with E-state index in [0.29, 0.717) is 6.54 Å². The molecule has 1 fully saturated rings. The molecular formula is C23H22F5N3O3. The molecule has 34 heavy (non-hydrogen) atoms. The fourth-order valence-electron chi connectivity index (χ4n) is 4.51. The molecule has 0 saturated carbocycles. The number of benzene rings is 1. The topological polar surface area (TPSA) is 81.6 Å². The summed E-state index contributed by atoms with van der Waals surface area (Å²) in [6, 6.07) is 5.32. The molecule has 2 N–H and O–H groups in total. The number of likely N-dealkylation sites (tertiary alicyclic amines) is 1. The van der Waals surface area contributed by atoms with Crippen LogP contribution < -0.4 is 10.5 Å². The highest BCUT2D eigenvalue weighted by Crippen LogP contribution is 2.48. The molecule has 4 rings (SSSR count).